The van der Waals surface area contributed by atoms with E-state index in [9.17, 15) is 13.2 Å². The summed E-state index contributed by atoms with van der Waals surface area (Å²) in [5.74, 6) is 0.850. The van der Waals surface area contributed by atoms with Gasteiger partial charge in [-0.3, -0.25) is 9.69 Å². The number of amides is 1. The molecule has 5 rings (SSSR count). The van der Waals surface area contributed by atoms with E-state index in [0.717, 1.165) is 50.6 Å². The third-order valence-corrected chi connectivity index (χ3v) is 9.25. The monoisotopic (exact) mass is 537 g/mol. The molecule has 1 aromatic heterocycles. The Labute approximate surface area is 224 Å². The van der Waals surface area contributed by atoms with Crippen LogP contribution >= 0.6 is 0 Å². The molecule has 1 amide bonds. The van der Waals surface area contributed by atoms with Crippen molar-refractivity contribution in [2.75, 3.05) is 31.5 Å². The molecule has 2 saturated heterocycles. The van der Waals surface area contributed by atoms with Crippen molar-refractivity contribution in [1.82, 2.24) is 19.3 Å². The first kappa shape index (κ1) is 26.5. The van der Waals surface area contributed by atoms with Crippen LogP contribution in [0.1, 0.15) is 50.0 Å². The van der Waals surface area contributed by atoms with Crippen LogP contribution in [0.3, 0.4) is 0 Å². The number of piperidine rings is 1. The summed E-state index contributed by atoms with van der Waals surface area (Å²) < 4.78 is 33.1. The van der Waals surface area contributed by atoms with Gasteiger partial charge in [-0.1, -0.05) is 47.8 Å². The van der Waals surface area contributed by atoms with Gasteiger partial charge in [-0.25, -0.2) is 8.42 Å². The van der Waals surface area contributed by atoms with Crippen molar-refractivity contribution in [3.63, 3.8) is 0 Å². The van der Waals surface area contributed by atoms with Gasteiger partial charge in [-0.2, -0.15) is 9.29 Å². The SMILES string of the molecule is Cc1ccc(-c2noc(CN3CCCC(C(=O)Nc4ccc(S(=O)(=O)N5CCCCCC5)cc4)C3)n2)cc1. The average Bonchev–Trinajstić information content (AvgIpc) is 3.20. The van der Waals surface area contributed by atoms with Gasteiger partial charge in [0.15, 0.2) is 0 Å². The van der Waals surface area contributed by atoms with Crippen LogP contribution in [-0.4, -0.2) is 59.8 Å². The molecular weight excluding hydrogens is 502 g/mol. The smallest absolute Gasteiger partial charge is 0.243 e. The highest BCUT2D eigenvalue weighted by atomic mass is 32.2. The number of sulfonamides is 1. The molecule has 2 aromatic carbocycles. The molecule has 202 valence electrons. The van der Waals surface area contributed by atoms with Gasteiger partial charge in [0.25, 0.3) is 0 Å². The molecule has 0 spiro atoms. The van der Waals surface area contributed by atoms with Crippen LogP contribution in [0.5, 0.6) is 0 Å². The average molecular weight is 538 g/mol. The number of benzene rings is 2. The number of nitrogens with one attached hydrogen (secondary N) is 1. The van der Waals surface area contributed by atoms with E-state index in [-0.39, 0.29) is 16.7 Å². The summed E-state index contributed by atoms with van der Waals surface area (Å²) in [7, 11) is -3.51. The van der Waals surface area contributed by atoms with Gasteiger partial charge < -0.3 is 9.84 Å². The van der Waals surface area contributed by atoms with E-state index in [0.29, 0.717) is 43.6 Å². The molecule has 2 aliphatic heterocycles. The minimum atomic E-state index is -3.51. The lowest BCUT2D eigenvalue weighted by molar-refractivity contribution is -0.121. The fourth-order valence-corrected chi connectivity index (χ4v) is 6.65. The summed E-state index contributed by atoms with van der Waals surface area (Å²) in [6.45, 7) is 5.10. The minimum absolute atomic E-state index is 0.0660. The van der Waals surface area contributed by atoms with Crippen molar-refractivity contribution in [2.45, 2.75) is 56.9 Å². The number of carbonyl (C=O) groups excluding carboxylic acids is 1. The molecule has 2 aliphatic rings. The van der Waals surface area contributed by atoms with Crippen LogP contribution in [0.4, 0.5) is 5.69 Å². The minimum Gasteiger partial charge on any atom is -0.338 e. The first-order chi connectivity index (χ1) is 18.4. The highest BCUT2D eigenvalue weighted by molar-refractivity contribution is 7.89. The molecular formula is C28H35N5O4S. The van der Waals surface area contributed by atoms with Crippen molar-refractivity contribution < 1.29 is 17.7 Å². The van der Waals surface area contributed by atoms with Crippen molar-refractivity contribution in [3.8, 4) is 11.4 Å². The van der Waals surface area contributed by atoms with Crippen LogP contribution < -0.4 is 5.32 Å². The van der Waals surface area contributed by atoms with E-state index >= 15 is 0 Å². The van der Waals surface area contributed by atoms with E-state index in [1.807, 2.05) is 31.2 Å². The fourth-order valence-electron chi connectivity index (χ4n) is 5.13. The second-order valence-corrected chi connectivity index (χ2v) is 12.2. The number of anilines is 1. The molecule has 0 radical (unpaired) electrons. The summed E-state index contributed by atoms with van der Waals surface area (Å²) in [5.41, 5.74) is 2.68. The lowest BCUT2D eigenvalue weighted by Crippen LogP contribution is -2.40. The van der Waals surface area contributed by atoms with Gasteiger partial charge in [0.2, 0.25) is 27.6 Å². The maximum atomic E-state index is 13.0. The summed E-state index contributed by atoms with van der Waals surface area (Å²) >= 11 is 0. The maximum absolute atomic E-state index is 13.0. The van der Waals surface area contributed by atoms with Gasteiger partial charge in [0.1, 0.15) is 0 Å². The number of aromatic nitrogens is 2. The standard InChI is InChI=1S/C28H35N5O4S/c1-21-8-10-22(11-9-21)27-30-26(37-31-27)20-32-16-6-7-23(19-32)28(34)29-24-12-14-25(15-13-24)38(35,36)33-17-4-2-3-5-18-33/h8-15,23H,2-7,16-20H2,1H3,(H,29,34). The van der Waals surface area contributed by atoms with E-state index < -0.39 is 10.0 Å². The molecule has 1 N–H and O–H groups in total. The Morgan fingerprint density at radius 3 is 2.39 bits per heavy atom. The quantitative estimate of drug-likeness (QED) is 0.474. The fraction of sp³-hybridized carbons (Fsp3) is 0.464. The molecule has 3 heterocycles. The second-order valence-electron chi connectivity index (χ2n) is 10.3. The van der Waals surface area contributed by atoms with Gasteiger partial charge in [-0.15, -0.1) is 0 Å². The zero-order valence-electron chi connectivity index (χ0n) is 21.8. The molecule has 1 atom stereocenters. The van der Waals surface area contributed by atoms with Gasteiger partial charge in [0, 0.05) is 30.9 Å². The molecule has 3 aromatic rings. The Bertz CT molecular complexity index is 1330. The highest BCUT2D eigenvalue weighted by Crippen LogP contribution is 2.24. The van der Waals surface area contributed by atoms with Crippen molar-refractivity contribution in [2.24, 2.45) is 5.92 Å². The van der Waals surface area contributed by atoms with E-state index in [4.69, 9.17) is 4.52 Å². The Balaban J connectivity index is 1.16. The topological polar surface area (TPSA) is 109 Å². The molecule has 10 heteroatoms. The first-order valence-electron chi connectivity index (χ1n) is 13.4. The summed E-state index contributed by atoms with van der Waals surface area (Å²) in [5, 5.41) is 7.08. The number of hydrogen-bond acceptors (Lipinski definition) is 7. The van der Waals surface area contributed by atoms with Crippen LogP contribution in [0, 0.1) is 12.8 Å². The summed E-state index contributed by atoms with van der Waals surface area (Å²) in [6.07, 6.45) is 5.61. The Hall–Kier alpha value is -3.08. The lowest BCUT2D eigenvalue weighted by Gasteiger charge is -2.30. The molecule has 2 fully saturated rings. The highest BCUT2D eigenvalue weighted by Gasteiger charge is 2.28. The largest absolute Gasteiger partial charge is 0.338 e. The predicted octanol–water partition coefficient (Wildman–Crippen LogP) is 4.46. The molecule has 0 saturated carbocycles. The predicted molar refractivity (Wildman–Crippen MR) is 145 cm³/mol. The molecule has 9 nitrogen and oxygen atoms in total. The second kappa shape index (κ2) is 11.8. The first-order valence-corrected chi connectivity index (χ1v) is 14.9. The summed E-state index contributed by atoms with van der Waals surface area (Å²) in [4.78, 5) is 20.0. The van der Waals surface area contributed by atoms with Gasteiger partial charge in [0.05, 0.1) is 17.4 Å². The lowest BCUT2D eigenvalue weighted by atomic mass is 9.97. The molecule has 0 aliphatic carbocycles. The van der Waals surface area contributed by atoms with Crippen LogP contribution in [0.15, 0.2) is 57.9 Å². The number of nitrogens with zero attached hydrogens (tertiary/aromatic N) is 4. The van der Waals surface area contributed by atoms with Crippen LogP contribution in [-0.2, 0) is 21.4 Å². The van der Waals surface area contributed by atoms with E-state index in [1.165, 1.54) is 5.56 Å². The third-order valence-electron chi connectivity index (χ3n) is 7.34. The van der Waals surface area contributed by atoms with Gasteiger partial charge >= 0.3 is 0 Å². The maximum Gasteiger partial charge on any atom is 0.243 e. The molecule has 38 heavy (non-hydrogen) atoms. The number of carbonyl (C=O) groups is 1. The van der Waals surface area contributed by atoms with Crippen molar-refractivity contribution >= 4 is 21.6 Å². The third kappa shape index (κ3) is 6.31. The number of hydrogen-bond donors (Lipinski definition) is 1. The van der Waals surface area contributed by atoms with E-state index in [1.54, 1.807) is 28.6 Å². The summed E-state index contributed by atoms with van der Waals surface area (Å²) in [6, 6.07) is 14.5. The van der Waals surface area contributed by atoms with Gasteiger partial charge in [-0.05, 0) is 63.4 Å². The van der Waals surface area contributed by atoms with Crippen molar-refractivity contribution in [3.05, 3.63) is 60.0 Å². The Kier molecular flexibility index (Phi) is 8.21. The Morgan fingerprint density at radius 2 is 1.68 bits per heavy atom. The van der Waals surface area contributed by atoms with Crippen molar-refractivity contribution in [1.29, 1.82) is 0 Å². The van der Waals surface area contributed by atoms with Crippen LogP contribution in [0.2, 0.25) is 0 Å². The zero-order valence-corrected chi connectivity index (χ0v) is 22.6. The molecule has 0 bridgehead atoms. The molecule has 1 unspecified atom stereocenters. The van der Waals surface area contributed by atoms with Crippen LogP contribution in [0.25, 0.3) is 11.4 Å². The Morgan fingerprint density at radius 1 is 0.974 bits per heavy atom. The number of likely N-dealkylation sites (tertiary alicyclic amines) is 1. The van der Waals surface area contributed by atoms with E-state index in [2.05, 4.69) is 20.4 Å². The number of rotatable bonds is 7. The normalized spacial score (nSPS) is 19.7. The zero-order chi connectivity index (χ0) is 26.5. The number of aryl methyl sites for hydroxylation is 1.